The molecule has 1 aromatic heterocycles. The number of nitrogens with zero attached hydrogens (tertiary/aromatic N) is 5. The average molecular weight is 543 g/mol. The maximum absolute atomic E-state index is 13.8. The van der Waals surface area contributed by atoms with Crippen molar-refractivity contribution in [1.82, 2.24) is 19.5 Å². The summed E-state index contributed by atoms with van der Waals surface area (Å²) in [6, 6.07) is 1.75. The second kappa shape index (κ2) is 12.0. The molecule has 0 radical (unpaired) electrons. The Morgan fingerprint density at radius 3 is 2.65 bits per heavy atom. The van der Waals surface area contributed by atoms with Crippen LogP contribution in [0.25, 0.3) is 0 Å². The number of sulfonamides is 1. The van der Waals surface area contributed by atoms with E-state index in [1.807, 2.05) is 4.90 Å². The lowest BCUT2D eigenvalue weighted by Gasteiger charge is -2.40. The van der Waals surface area contributed by atoms with Gasteiger partial charge in [0.1, 0.15) is 12.1 Å². The van der Waals surface area contributed by atoms with Gasteiger partial charge in [0.25, 0.3) is 0 Å². The normalized spacial score (nSPS) is 26.4. The third-order valence-electron chi connectivity index (χ3n) is 7.23. The first-order valence-electron chi connectivity index (χ1n) is 12.4. The number of rotatable bonds is 8. The molecular formula is C22H35FN8O5S. The molecule has 0 saturated carbocycles. The highest BCUT2D eigenvalue weighted by Crippen LogP contribution is 2.31. The fourth-order valence-corrected chi connectivity index (χ4v) is 7.11. The maximum Gasteiger partial charge on any atom is 0.234 e. The molecule has 0 spiro atoms. The molecule has 0 bridgehead atoms. The summed E-state index contributed by atoms with van der Waals surface area (Å²) in [6.45, 7) is 2.64. The summed E-state index contributed by atoms with van der Waals surface area (Å²) in [5.74, 6) is -1.62. The van der Waals surface area contributed by atoms with Crippen LogP contribution in [0.15, 0.2) is 23.6 Å². The van der Waals surface area contributed by atoms with Gasteiger partial charge in [-0.1, -0.05) is 5.18 Å². The van der Waals surface area contributed by atoms with Gasteiger partial charge in [-0.05, 0) is 26.0 Å². The van der Waals surface area contributed by atoms with E-state index in [4.69, 9.17) is 10.5 Å². The lowest BCUT2D eigenvalue weighted by Crippen LogP contribution is -2.62. The second-order valence-corrected chi connectivity index (χ2v) is 11.8. The van der Waals surface area contributed by atoms with E-state index in [-0.39, 0.29) is 13.1 Å². The van der Waals surface area contributed by atoms with Crippen LogP contribution in [0.4, 0.5) is 15.8 Å². The number of anilines is 2. The summed E-state index contributed by atoms with van der Waals surface area (Å²) in [5, 5.41) is 8.16. The molecule has 3 fully saturated rings. The molecule has 0 aliphatic carbocycles. The first-order valence-corrected chi connectivity index (χ1v) is 13.9. The number of nitroso groups, excluding NO2 is 1. The number of carbonyl (C=O) groups excluding carboxylic acids is 1. The largest absolute Gasteiger partial charge is 0.379 e. The summed E-state index contributed by atoms with van der Waals surface area (Å²) in [6.07, 6.45) is 0.841. The zero-order valence-electron chi connectivity index (χ0n) is 20.8. The molecule has 206 valence electrons. The van der Waals surface area contributed by atoms with Gasteiger partial charge in [0.2, 0.25) is 15.9 Å². The van der Waals surface area contributed by atoms with E-state index in [1.165, 1.54) is 10.5 Å². The summed E-state index contributed by atoms with van der Waals surface area (Å²) in [7, 11) is -1.77. The Morgan fingerprint density at radius 1 is 1.30 bits per heavy atom. The SMILES string of the molecule is CN1CC(F)CNC1C(C(=O)Nc1cnccc1N1CCC(S(=O)(=O)N2CCOCC2)CC1)C(N)N=O. The van der Waals surface area contributed by atoms with Crippen LogP contribution in [-0.4, -0.2) is 112 Å². The molecule has 4 heterocycles. The Kier molecular flexibility index (Phi) is 9.03. The number of piperidine rings is 1. The minimum Gasteiger partial charge on any atom is -0.379 e. The van der Waals surface area contributed by atoms with Gasteiger partial charge in [0.05, 0.1) is 42.2 Å². The zero-order valence-corrected chi connectivity index (χ0v) is 21.6. The Morgan fingerprint density at radius 2 is 2.00 bits per heavy atom. The number of halogens is 1. The Hall–Kier alpha value is -2.30. The van der Waals surface area contributed by atoms with Gasteiger partial charge in [-0.25, -0.2) is 12.8 Å². The number of nitrogens with two attached hydrogens (primary N) is 1. The van der Waals surface area contributed by atoms with Crippen molar-refractivity contribution in [2.45, 2.75) is 36.6 Å². The van der Waals surface area contributed by atoms with E-state index in [9.17, 15) is 22.5 Å². The van der Waals surface area contributed by atoms with Gasteiger partial charge in [-0.3, -0.25) is 20.0 Å². The minimum atomic E-state index is -3.41. The minimum absolute atomic E-state index is 0.0326. The molecule has 0 aromatic carbocycles. The van der Waals surface area contributed by atoms with Crippen molar-refractivity contribution in [3.05, 3.63) is 23.4 Å². The second-order valence-electron chi connectivity index (χ2n) is 9.64. The molecule has 37 heavy (non-hydrogen) atoms. The van der Waals surface area contributed by atoms with Gasteiger partial charge in [0, 0.05) is 45.5 Å². The predicted octanol–water partition coefficient (Wildman–Crippen LogP) is -0.482. The summed E-state index contributed by atoms with van der Waals surface area (Å²) in [4.78, 5) is 32.4. The average Bonchev–Trinajstić information content (AvgIpc) is 2.91. The van der Waals surface area contributed by atoms with Crippen LogP contribution in [0.3, 0.4) is 0 Å². The van der Waals surface area contributed by atoms with Crippen LogP contribution in [0, 0.1) is 10.8 Å². The quantitative estimate of drug-likeness (QED) is 0.366. The highest BCUT2D eigenvalue weighted by Gasteiger charge is 2.41. The number of nitrogens with one attached hydrogen (secondary N) is 2. The van der Waals surface area contributed by atoms with Crippen molar-refractivity contribution >= 4 is 27.3 Å². The number of carbonyl (C=O) groups is 1. The zero-order chi connectivity index (χ0) is 26.6. The van der Waals surface area contributed by atoms with E-state index in [0.717, 1.165) is 0 Å². The molecule has 3 aliphatic heterocycles. The molecule has 4 unspecified atom stereocenters. The number of hydrogen-bond donors (Lipinski definition) is 3. The number of hydrogen-bond acceptors (Lipinski definition) is 11. The lowest BCUT2D eigenvalue weighted by atomic mass is 9.98. The summed E-state index contributed by atoms with van der Waals surface area (Å²) < 4.78 is 46.7. The van der Waals surface area contributed by atoms with Crippen molar-refractivity contribution in [3.63, 3.8) is 0 Å². The van der Waals surface area contributed by atoms with Gasteiger partial charge in [0.15, 0.2) is 6.17 Å². The van der Waals surface area contributed by atoms with E-state index < -0.39 is 45.6 Å². The smallest absolute Gasteiger partial charge is 0.234 e. The Balaban J connectivity index is 1.45. The first-order chi connectivity index (χ1) is 17.7. The number of ether oxygens (including phenoxy) is 1. The van der Waals surface area contributed by atoms with Gasteiger partial charge < -0.3 is 20.7 Å². The first kappa shape index (κ1) is 27.7. The van der Waals surface area contributed by atoms with Crippen LogP contribution in [-0.2, 0) is 19.6 Å². The lowest BCUT2D eigenvalue weighted by molar-refractivity contribution is -0.124. The Bertz CT molecular complexity index is 1050. The molecule has 4 rings (SSSR count). The van der Waals surface area contributed by atoms with Crippen molar-refractivity contribution in [2.24, 2.45) is 16.8 Å². The van der Waals surface area contributed by atoms with Crippen molar-refractivity contribution in [3.8, 4) is 0 Å². The molecule has 4 N–H and O–H groups in total. The highest BCUT2D eigenvalue weighted by molar-refractivity contribution is 7.89. The highest BCUT2D eigenvalue weighted by atomic mass is 32.2. The van der Waals surface area contributed by atoms with Crippen LogP contribution < -0.4 is 21.3 Å². The fourth-order valence-electron chi connectivity index (χ4n) is 5.23. The number of aromatic nitrogens is 1. The van der Waals surface area contributed by atoms with E-state index in [1.54, 1.807) is 24.2 Å². The summed E-state index contributed by atoms with van der Waals surface area (Å²) in [5.41, 5.74) is 7.00. The fraction of sp³-hybridized carbons (Fsp3) is 0.727. The van der Waals surface area contributed by atoms with E-state index >= 15 is 0 Å². The third kappa shape index (κ3) is 6.23. The number of alkyl halides is 1. The van der Waals surface area contributed by atoms with Crippen molar-refractivity contribution in [2.75, 3.05) is 69.7 Å². The van der Waals surface area contributed by atoms with Crippen molar-refractivity contribution < 1.29 is 22.3 Å². The summed E-state index contributed by atoms with van der Waals surface area (Å²) >= 11 is 0. The maximum atomic E-state index is 13.8. The van der Waals surface area contributed by atoms with Crippen LogP contribution in [0.2, 0.25) is 0 Å². The van der Waals surface area contributed by atoms with E-state index in [0.29, 0.717) is 63.6 Å². The predicted molar refractivity (Wildman–Crippen MR) is 136 cm³/mol. The van der Waals surface area contributed by atoms with E-state index in [2.05, 4.69) is 20.8 Å². The third-order valence-corrected chi connectivity index (χ3v) is 9.63. The Labute approximate surface area is 215 Å². The van der Waals surface area contributed by atoms with Gasteiger partial charge in [-0.2, -0.15) is 4.31 Å². The van der Waals surface area contributed by atoms with Gasteiger partial charge in [-0.15, -0.1) is 4.91 Å². The molecule has 1 amide bonds. The number of pyridine rings is 1. The molecule has 1 aromatic rings. The topological polar surface area (TPSA) is 163 Å². The molecule has 4 atom stereocenters. The van der Waals surface area contributed by atoms with Crippen LogP contribution in [0.5, 0.6) is 0 Å². The van der Waals surface area contributed by atoms with Gasteiger partial charge >= 0.3 is 0 Å². The molecule has 3 aliphatic rings. The molecular weight excluding hydrogens is 507 g/mol. The molecule has 13 nitrogen and oxygen atoms in total. The number of morpholine rings is 1. The number of amides is 1. The van der Waals surface area contributed by atoms with Crippen LogP contribution in [0.1, 0.15) is 12.8 Å². The monoisotopic (exact) mass is 542 g/mol. The standard InChI is InChI=1S/C22H35FN8O5S/c1-29-14-15(23)12-26-21(29)19(20(24)28-33)22(32)27-17-13-25-5-2-18(17)30-6-3-16(4-7-30)37(34,35)31-8-10-36-11-9-31/h2,5,13,15-16,19-21,26H,3-4,6-12,14,24H2,1H3,(H,27,32). The van der Waals surface area contributed by atoms with Crippen molar-refractivity contribution in [1.29, 1.82) is 0 Å². The molecule has 3 saturated heterocycles. The molecule has 15 heteroatoms. The van der Waals surface area contributed by atoms with Crippen LogP contribution >= 0.6 is 0 Å².